The van der Waals surface area contributed by atoms with Crippen molar-refractivity contribution in [3.8, 4) is 17.1 Å². The fraction of sp³-hybridized carbons (Fsp3) is 0.118. The molecule has 4 heteroatoms. The molecule has 3 nitrogen and oxygen atoms in total. The number of nitrogens with zero attached hydrogens (tertiary/aromatic N) is 2. The normalized spacial score (nSPS) is 10.8. The SMILES string of the molecule is Cc1cnc(-c2ccc(F)cc2)n1Cc1ccccc1O. The van der Waals surface area contributed by atoms with Gasteiger partial charge in [0.15, 0.2) is 0 Å². The number of aryl methyl sites for hydroxylation is 1. The van der Waals surface area contributed by atoms with Crippen LogP contribution in [0.2, 0.25) is 0 Å². The Bertz CT molecular complexity index is 763. The molecular formula is C17H15FN2O. The average Bonchev–Trinajstić information content (AvgIpc) is 2.84. The van der Waals surface area contributed by atoms with Crippen molar-refractivity contribution in [3.05, 3.63) is 71.8 Å². The van der Waals surface area contributed by atoms with Gasteiger partial charge in [-0.05, 0) is 37.3 Å². The topological polar surface area (TPSA) is 38.0 Å². The van der Waals surface area contributed by atoms with E-state index in [1.807, 2.05) is 23.6 Å². The minimum Gasteiger partial charge on any atom is -0.508 e. The molecule has 3 rings (SSSR count). The number of halogens is 1. The van der Waals surface area contributed by atoms with Crippen molar-refractivity contribution in [2.24, 2.45) is 0 Å². The van der Waals surface area contributed by atoms with Gasteiger partial charge < -0.3 is 9.67 Å². The van der Waals surface area contributed by atoms with Gasteiger partial charge in [-0.1, -0.05) is 18.2 Å². The molecule has 0 spiro atoms. The summed E-state index contributed by atoms with van der Waals surface area (Å²) in [5.74, 6) is 0.751. The molecule has 0 saturated carbocycles. The number of benzene rings is 2. The van der Waals surface area contributed by atoms with Crippen molar-refractivity contribution < 1.29 is 9.50 Å². The highest BCUT2D eigenvalue weighted by Crippen LogP contribution is 2.24. The molecule has 2 aromatic carbocycles. The molecule has 0 radical (unpaired) electrons. The monoisotopic (exact) mass is 282 g/mol. The third kappa shape index (κ3) is 2.65. The second-order valence-corrected chi connectivity index (χ2v) is 4.94. The molecule has 0 aliphatic heterocycles. The molecule has 0 fully saturated rings. The number of hydrogen-bond acceptors (Lipinski definition) is 2. The lowest BCUT2D eigenvalue weighted by Gasteiger charge is -2.11. The average molecular weight is 282 g/mol. The molecule has 0 amide bonds. The molecule has 0 unspecified atom stereocenters. The van der Waals surface area contributed by atoms with Crippen LogP contribution in [0, 0.1) is 12.7 Å². The van der Waals surface area contributed by atoms with Crippen LogP contribution in [0.15, 0.2) is 54.7 Å². The van der Waals surface area contributed by atoms with Gasteiger partial charge in [0.25, 0.3) is 0 Å². The minimum absolute atomic E-state index is 0.260. The first-order valence-electron chi connectivity index (χ1n) is 6.70. The van der Waals surface area contributed by atoms with Crippen LogP contribution in [0.4, 0.5) is 4.39 Å². The van der Waals surface area contributed by atoms with Crippen LogP contribution < -0.4 is 0 Å². The van der Waals surface area contributed by atoms with Crippen molar-refractivity contribution in [2.45, 2.75) is 13.5 Å². The van der Waals surface area contributed by atoms with E-state index >= 15 is 0 Å². The summed E-state index contributed by atoms with van der Waals surface area (Å²) < 4.78 is 15.0. The maximum atomic E-state index is 13.0. The summed E-state index contributed by atoms with van der Waals surface area (Å²) in [7, 11) is 0. The smallest absolute Gasteiger partial charge is 0.140 e. The van der Waals surface area contributed by atoms with Crippen LogP contribution >= 0.6 is 0 Å². The molecule has 3 aromatic rings. The first-order chi connectivity index (χ1) is 10.1. The summed E-state index contributed by atoms with van der Waals surface area (Å²) in [6.07, 6.45) is 1.78. The molecule has 0 aliphatic rings. The van der Waals surface area contributed by atoms with E-state index in [2.05, 4.69) is 4.98 Å². The van der Waals surface area contributed by atoms with Crippen LogP contribution in [-0.2, 0) is 6.54 Å². The van der Waals surface area contributed by atoms with Gasteiger partial charge in [0, 0.05) is 23.0 Å². The Kier molecular flexibility index (Phi) is 3.44. The van der Waals surface area contributed by atoms with E-state index in [0.717, 1.165) is 22.6 Å². The van der Waals surface area contributed by atoms with E-state index in [0.29, 0.717) is 6.54 Å². The Balaban J connectivity index is 2.01. The van der Waals surface area contributed by atoms with Gasteiger partial charge in [0.2, 0.25) is 0 Å². The molecule has 1 N–H and O–H groups in total. The standard InChI is InChI=1S/C17H15FN2O/c1-12-10-19-17(13-6-8-15(18)9-7-13)20(12)11-14-4-2-3-5-16(14)21/h2-10,21H,11H2,1H3. The fourth-order valence-electron chi connectivity index (χ4n) is 2.30. The number of phenolic OH excluding ortho intramolecular Hbond substituents is 1. The molecule has 0 saturated heterocycles. The fourth-order valence-corrected chi connectivity index (χ4v) is 2.30. The van der Waals surface area contributed by atoms with Crippen molar-refractivity contribution in [1.82, 2.24) is 9.55 Å². The summed E-state index contributed by atoms with van der Waals surface area (Å²) in [6, 6.07) is 13.5. The van der Waals surface area contributed by atoms with Crippen LogP contribution in [0.3, 0.4) is 0 Å². The molecule has 106 valence electrons. The highest BCUT2D eigenvalue weighted by Gasteiger charge is 2.11. The lowest BCUT2D eigenvalue weighted by atomic mass is 10.1. The molecule has 0 bridgehead atoms. The van der Waals surface area contributed by atoms with Gasteiger partial charge in [-0.3, -0.25) is 0 Å². The first kappa shape index (κ1) is 13.4. The zero-order valence-electron chi connectivity index (χ0n) is 11.6. The number of hydrogen-bond donors (Lipinski definition) is 1. The maximum Gasteiger partial charge on any atom is 0.140 e. The zero-order chi connectivity index (χ0) is 14.8. The van der Waals surface area contributed by atoms with Crippen molar-refractivity contribution in [2.75, 3.05) is 0 Å². The second-order valence-electron chi connectivity index (χ2n) is 4.94. The van der Waals surface area contributed by atoms with Crippen LogP contribution in [0.5, 0.6) is 5.75 Å². The van der Waals surface area contributed by atoms with Gasteiger partial charge >= 0.3 is 0 Å². The Labute approximate surface area is 122 Å². The Morgan fingerprint density at radius 3 is 2.52 bits per heavy atom. The Morgan fingerprint density at radius 2 is 1.81 bits per heavy atom. The zero-order valence-corrected chi connectivity index (χ0v) is 11.6. The van der Waals surface area contributed by atoms with E-state index < -0.39 is 0 Å². The second kappa shape index (κ2) is 5.40. The summed E-state index contributed by atoms with van der Waals surface area (Å²) in [4.78, 5) is 4.40. The van der Waals surface area contributed by atoms with Crippen molar-refractivity contribution in [1.29, 1.82) is 0 Å². The predicted molar refractivity (Wildman–Crippen MR) is 79.6 cm³/mol. The summed E-state index contributed by atoms with van der Waals surface area (Å²) in [5.41, 5.74) is 2.65. The highest BCUT2D eigenvalue weighted by atomic mass is 19.1. The molecule has 1 aromatic heterocycles. The van der Waals surface area contributed by atoms with Crippen molar-refractivity contribution in [3.63, 3.8) is 0 Å². The van der Waals surface area contributed by atoms with Crippen LogP contribution in [-0.4, -0.2) is 14.7 Å². The molecule has 0 aliphatic carbocycles. The van der Waals surface area contributed by atoms with E-state index in [1.165, 1.54) is 12.1 Å². The highest BCUT2D eigenvalue weighted by molar-refractivity contribution is 5.56. The van der Waals surface area contributed by atoms with Gasteiger partial charge in [0.1, 0.15) is 17.4 Å². The van der Waals surface area contributed by atoms with Crippen LogP contribution in [0.25, 0.3) is 11.4 Å². The van der Waals surface area contributed by atoms with Gasteiger partial charge in [-0.15, -0.1) is 0 Å². The third-order valence-corrected chi connectivity index (χ3v) is 3.48. The van der Waals surface area contributed by atoms with Crippen molar-refractivity contribution >= 4 is 0 Å². The lowest BCUT2D eigenvalue weighted by Crippen LogP contribution is -2.04. The summed E-state index contributed by atoms with van der Waals surface area (Å²) >= 11 is 0. The number of aromatic hydroxyl groups is 1. The molecule has 1 heterocycles. The number of aromatic nitrogens is 2. The quantitative estimate of drug-likeness (QED) is 0.794. The number of rotatable bonds is 3. The molecular weight excluding hydrogens is 267 g/mol. The molecule has 0 atom stereocenters. The summed E-state index contributed by atoms with van der Waals surface area (Å²) in [5, 5.41) is 9.91. The van der Waals surface area contributed by atoms with E-state index in [9.17, 15) is 9.50 Å². The van der Waals surface area contributed by atoms with E-state index in [1.54, 1.807) is 30.5 Å². The van der Waals surface area contributed by atoms with E-state index in [4.69, 9.17) is 0 Å². The lowest BCUT2D eigenvalue weighted by molar-refractivity contribution is 0.466. The maximum absolute atomic E-state index is 13.0. The third-order valence-electron chi connectivity index (χ3n) is 3.48. The van der Waals surface area contributed by atoms with Gasteiger partial charge in [-0.25, -0.2) is 9.37 Å². The molecule has 21 heavy (non-hydrogen) atoms. The summed E-state index contributed by atoms with van der Waals surface area (Å²) in [6.45, 7) is 2.48. The number of para-hydroxylation sites is 1. The van der Waals surface area contributed by atoms with Crippen LogP contribution in [0.1, 0.15) is 11.3 Å². The Morgan fingerprint density at radius 1 is 1.10 bits per heavy atom. The largest absolute Gasteiger partial charge is 0.508 e. The first-order valence-corrected chi connectivity index (χ1v) is 6.70. The number of imidazole rings is 1. The van der Waals surface area contributed by atoms with Gasteiger partial charge in [0.05, 0.1) is 6.54 Å². The predicted octanol–water partition coefficient (Wildman–Crippen LogP) is 3.75. The minimum atomic E-state index is -0.269. The van der Waals surface area contributed by atoms with E-state index in [-0.39, 0.29) is 11.6 Å². The number of phenols is 1. The Hall–Kier alpha value is -2.62. The van der Waals surface area contributed by atoms with Gasteiger partial charge in [-0.2, -0.15) is 0 Å².